The van der Waals surface area contributed by atoms with Gasteiger partial charge < -0.3 is 4.42 Å². The van der Waals surface area contributed by atoms with Gasteiger partial charge in [-0.1, -0.05) is 37.7 Å². The van der Waals surface area contributed by atoms with E-state index in [4.69, 9.17) is 4.42 Å². The van der Waals surface area contributed by atoms with E-state index in [9.17, 15) is 8.78 Å². The van der Waals surface area contributed by atoms with Crippen LogP contribution in [0.15, 0.2) is 46.2 Å². The molecule has 0 amide bonds. The summed E-state index contributed by atoms with van der Waals surface area (Å²) in [6, 6.07) is 7.80. The molecule has 0 aliphatic rings. The van der Waals surface area contributed by atoms with Gasteiger partial charge in [0.05, 0.1) is 6.26 Å². The molecule has 0 unspecified atom stereocenters. The lowest BCUT2D eigenvalue weighted by atomic mass is 10.2. The van der Waals surface area contributed by atoms with Gasteiger partial charge in [-0.25, -0.2) is 8.78 Å². The van der Waals surface area contributed by atoms with E-state index in [1.54, 1.807) is 18.4 Å². The van der Waals surface area contributed by atoms with Crippen molar-refractivity contribution in [3.8, 4) is 11.6 Å². The molecule has 3 rings (SSSR count). The topological polar surface area (TPSA) is 43.9 Å². The van der Waals surface area contributed by atoms with Gasteiger partial charge >= 0.3 is 0 Å². The number of nitrogens with zero attached hydrogens (tertiary/aromatic N) is 3. The van der Waals surface area contributed by atoms with Crippen LogP contribution in [0.5, 0.6) is 0 Å². The molecule has 0 radical (unpaired) electrons. The molecule has 4 nitrogen and oxygen atoms in total. The van der Waals surface area contributed by atoms with Crippen LogP contribution in [0.4, 0.5) is 8.78 Å². The van der Waals surface area contributed by atoms with Gasteiger partial charge in [0.15, 0.2) is 28.4 Å². The molecule has 0 bridgehead atoms. The lowest BCUT2D eigenvalue weighted by Crippen LogP contribution is -2.07. The number of hydrogen-bond acceptors (Lipinski definition) is 4. The lowest BCUT2D eigenvalue weighted by Gasteiger charge is -2.11. The molecule has 2 aromatic heterocycles. The van der Waals surface area contributed by atoms with Crippen LogP contribution in [0.1, 0.15) is 19.4 Å². The molecular formula is C17H17F2N3OS. The Hall–Kier alpha value is -2.15. The molecule has 0 saturated heterocycles. The fourth-order valence-electron chi connectivity index (χ4n) is 2.32. The second-order valence-electron chi connectivity index (χ2n) is 5.79. The van der Waals surface area contributed by atoms with Crippen molar-refractivity contribution in [3.05, 3.63) is 53.8 Å². The molecule has 0 aliphatic carbocycles. The molecule has 7 heteroatoms. The summed E-state index contributed by atoms with van der Waals surface area (Å²) in [6.45, 7) is 4.89. The summed E-state index contributed by atoms with van der Waals surface area (Å²) in [6.07, 6.45) is 1.58. The van der Waals surface area contributed by atoms with Crippen LogP contribution in [0.25, 0.3) is 11.6 Å². The summed E-state index contributed by atoms with van der Waals surface area (Å²) in [4.78, 5) is 0. The zero-order valence-corrected chi connectivity index (χ0v) is 14.2. The highest BCUT2D eigenvalue weighted by atomic mass is 32.2. The minimum absolute atomic E-state index is 0.276. The molecule has 126 valence electrons. The first-order chi connectivity index (χ1) is 11.6. The third-order valence-electron chi connectivity index (χ3n) is 3.39. The molecule has 24 heavy (non-hydrogen) atoms. The van der Waals surface area contributed by atoms with Gasteiger partial charge in [0.2, 0.25) is 0 Å². The number of hydrogen-bond donors (Lipinski definition) is 0. The number of furan rings is 1. The number of thioether (sulfide) groups is 1. The van der Waals surface area contributed by atoms with E-state index in [-0.39, 0.29) is 5.75 Å². The summed E-state index contributed by atoms with van der Waals surface area (Å²) in [7, 11) is 0. The fraction of sp³-hybridized carbons (Fsp3) is 0.294. The van der Waals surface area contributed by atoms with E-state index in [1.807, 2.05) is 10.6 Å². The molecular weight excluding hydrogens is 332 g/mol. The summed E-state index contributed by atoms with van der Waals surface area (Å²) in [5.41, 5.74) is 0.304. The van der Waals surface area contributed by atoms with Gasteiger partial charge in [-0.15, -0.1) is 10.2 Å². The molecule has 2 heterocycles. The second-order valence-corrected chi connectivity index (χ2v) is 6.73. The van der Waals surface area contributed by atoms with Crippen LogP contribution >= 0.6 is 11.8 Å². The van der Waals surface area contributed by atoms with Crippen molar-refractivity contribution in [2.45, 2.75) is 31.3 Å². The highest BCUT2D eigenvalue weighted by Crippen LogP contribution is 2.28. The highest BCUT2D eigenvalue weighted by molar-refractivity contribution is 7.98. The van der Waals surface area contributed by atoms with E-state index >= 15 is 0 Å². The molecule has 0 fully saturated rings. The minimum Gasteiger partial charge on any atom is -0.461 e. The van der Waals surface area contributed by atoms with Crippen molar-refractivity contribution >= 4 is 11.8 Å². The third-order valence-corrected chi connectivity index (χ3v) is 4.41. The number of benzene rings is 1. The van der Waals surface area contributed by atoms with Crippen molar-refractivity contribution in [1.82, 2.24) is 14.8 Å². The Morgan fingerprint density at radius 2 is 2.00 bits per heavy atom. The largest absolute Gasteiger partial charge is 0.461 e. The first-order valence-corrected chi connectivity index (χ1v) is 8.57. The van der Waals surface area contributed by atoms with E-state index in [1.165, 1.54) is 17.8 Å². The molecule has 0 atom stereocenters. The summed E-state index contributed by atoms with van der Waals surface area (Å²) in [5.74, 6) is 0.264. The van der Waals surface area contributed by atoms with Crippen molar-refractivity contribution in [3.63, 3.8) is 0 Å². The number of halogens is 2. The maximum Gasteiger partial charge on any atom is 0.200 e. The maximum absolute atomic E-state index is 13.8. The van der Waals surface area contributed by atoms with Crippen molar-refractivity contribution < 1.29 is 13.2 Å². The number of rotatable bonds is 6. The number of aromatic nitrogens is 3. The molecule has 0 aliphatic heterocycles. The molecule has 1 aromatic carbocycles. The van der Waals surface area contributed by atoms with Gasteiger partial charge in [-0.3, -0.25) is 4.57 Å². The lowest BCUT2D eigenvalue weighted by molar-refractivity contribution is 0.489. The quantitative estimate of drug-likeness (QED) is 0.602. The van der Waals surface area contributed by atoms with Crippen molar-refractivity contribution in [1.29, 1.82) is 0 Å². The van der Waals surface area contributed by atoms with E-state index in [0.717, 1.165) is 6.07 Å². The predicted octanol–water partition coefficient (Wildman–Crippen LogP) is 4.76. The molecule has 0 spiro atoms. The second kappa shape index (κ2) is 7.17. The standard InChI is InChI=1S/C17H17F2N3OS/c1-11(2)9-22-16(14-7-4-8-23-14)20-21-17(22)24-10-12-5-3-6-13(18)15(12)19/h3-8,11H,9-10H2,1-2H3. The van der Waals surface area contributed by atoms with E-state index in [2.05, 4.69) is 24.0 Å². The van der Waals surface area contributed by atoms with Gasteiger partial charge in [0.1, 0.15) is 0 Å². The van der Waals surface area contributed by atoms with E-state index in [0.29, 0.717) is 34.8 Å². The monoisotopic (exact) mass is 349 g/mol. The average molecular weight is 349 g/mol. The Morgan fingerprint density at radius 1 is 1.17 bits per heavy atom. The van der Waals surface area contributed by atoms with E-state index < -0.39 is 11.6 Å². The molecule has 0 saturated carbocycles. The Labute approximate surface area is 142 Å². The highest BCUT2D eigenvalue weighted by Gasteiger charge is 2.18. The van der Waals surface area contributed by atoms with Crippen molar-refractivity contribution in [2.75, 3.05) is 0 Å². The normalized spacial score (nSPS) is 11.4. The van der Waals surface area contributed by atoms with Gasteiger partial charge in [-0.05, 0) is 24.1 Å². The van der Waals surface area contributed by atoms with Crippen molar-refractivity contribution in [2.24, 2.45) is 5.92 Å². The van der Waals surface area contributed by atoms with Gasteiger partial charge in [0, 0.05) is 17.9 Å². The fourth-order valence-corrected chi connectivity index (χ4v) is 3.24. The Morgan fingerprint density at radius 3 is 2.71 bits per heavy atom. The van der Waals surface area contributed by atoms with Crippen LogP contribution in [0, 0.1) is 17.6 Å². The average Bonchev–Trinajstić information content (AvgIpc) is 3.18. The Bertz CT molecular complexity index is 815. The summed E-state index contributed by atoms with van der Waals surface area (Å²) in [5, 5.41) is 9.04. The summed E-state index contributed by atoms with van der Waals surface area (Å²) < 4.78 is 34.5. The van der Waals surface area contributed by atoms with Crippen LogP contribution < -0.4 is 0 Å². The SMILES string of the molecule is CC(C)Cn1c(SCc2cccc(F)c2F)nnc1-c1ccco1. The van der Waals surface area contributed by atoms with Gasteiger partial charge in [-0.2, -0.15) is 0 Å². The minimum atomic E-state index is -0.840. The van der Waals surface area contributed by atoms with Crippen LogP contribution in [-0.2, 0) is 12.3 Å². The molecule has 0 N–H and O–H groups in total. The molecule has 3 aromatic rings. The summed E-state index contributed by atoms with van der Waals surface area (Å²) >= 11 is 1.32. The van der Waals surface area contributed by atoms with Crippen LogP contribution in [-0.4, -0.2) is 14.8 Å². The Balaban J connectivity index is 1.86. The maximum atomic E-state index is 13.8. The zero-order valence-electron chi connectivity index (χ0n) is 13.4. The third kappa shape index (κ3) is 3.51. The first kappa shape index (κ1) is 16.7. The predicted molar refractivity (Wildman–Crippen MR) is 88.5 cm³/mol. The van der Waals surface area contributed by atoms with Crippen LogP contribution in [0.3, 0.4) is 0 Å². The Kier molecular flexibility index (Phi) is 4.99. The zero-order chi connectivity index (χ0) is 17.1. The van der Waals surface area contributed by atoms with Gasteiger partial charge in [0.25, 0.3) is 0 Å². The smallest absolute Gasteiger partial charge is 0.200 e. The van der Waals surface area contributed by atoms with Crippen LogP contribution in [0.2, 0.25) is 0 Å². The first-order valence-electron chi connectivity index (χ1n) is 7.59.